The minimum absolute atomic E-state index is 0.0269. The highest BCUT2D eigenvalue weighted by molar-refractivity contribution is 6.01. The molecule has 4 aromatic rings. The van der Waals surface area contributed by atoms with Crippen LogP contribution in [0.1, 0.15) is 40.9 Å². The molecule has 0 fully saturated rings. The van der Waals surface area contributed by atoms with Crippen LogP contribution in [0.5, 0.6) is 23.0 Å². The third kappa shape index (κ3) is 4.35. The summed E-state index contributed by atoms with van der Waals surface area (Å²) in [6.07, 6.45) is 0.325. The molecule has 0 radical (unpaired) electrons. The summed E-state index contributed by atoms with van der Waals surface area (Å²) in [5.74, 6) is 2.79. The van der Waals surface area contributed by atoms with E-state index in [0.29, 0.717) is 23.9 Å². The predicted molar refractivity (Wildman–Crippen MR) is 142 cm³/mol. The molecule has 2 aliphatic rings. The number of ether oxygens (including phenoxy) is 4. The summed E-state index contributed by atoms with van der Waals surface area (Å²) < 4.78 is 24.1. The van der Waals surface area contributed by atoms with Crippen molar-refractivity contribution in [2.24, 2.45) is 5.10 Å². The number of nitrogens with zero attached hydrogens (tertiary/aromatic N) is 2. The normalized spacial score (nSPS) is 17.8. The first-order valence-corrected chi connectivity index (χ1v) is 12.3. The molecule has 6 heteroatoms. The number of fused-ring (bicyclic) bond motifs is 3. The Bertz CT molecular complexity index is 1420. The van der Waals surface area contributed by atoms with E-state index >= 15 is 0 Å². The molecular formula is C31H28N2O4. The summed E-state index contributed by atoms with van der Waals surface area (Å²) in [6, 6.07) is 32.3. The Hall–Kier alpha value is -4.45. The van der Waals surface area contributed by atoms with Crippen LogP contribution in [-0.4, -0.2) is 24.9 Å². The van der Waals surface area contributed by atoms with Crippen molar-refractivity contribution < 1.29 is 18.9 Å². The van der Waals surface area contributed by atoms with Crippen LogP contribution in [-0.2, 0) is 6.61 Å². The molecule has 0 N–H and O–H groups in total. The second kappa shape index (κ2) is 9.90. The van der Waals surface area contributed by atoms with E-state index in [9.17, 15) is 0 Å². The molecule has 37 heavy (non-hydrogen) atoms. The maximum Gasteiger partial charge on any atom is 0.214 e. The van der Waals surface area contributed by atoms with Crippen molar-refractivity contribution in [2.45, 2.75) is 25.3 Å². The van der Waals surface area contributed by atoms with Crippen LogP contribution in [0.25, 0.3) is 0 Å². The first kappa shape index (κ1) is 23.0. The minimum atomic E-state index is -0.452. The van der Waals surface area contributed by atoms with Gasteiger partial charge in [-0.2, -0.15) is 5.10 Å². The van der Waals surface area contributed by atoms with E-state index in [4.69, 9.17) is 24.0 Å². The van der Waals surface area contributed by atoms with E-state index in [1.165, 1.54) is 0 Å². The van der Waals surface area contributed by atoms with Gasteiger partial charge in [0.1, 0.15) is 6.61 Å². The minimum Gasteiger partial charge on any atom is -0.493 e. The number of rotatable bonds is 7. The summed E-state index contributed by atoms with van der Waals surface area (Å²) in [6.45, 7) is 0.458. The van der Waals surface area contributed by atoms with Gasteiger partial charge in [-0.1, -0.05) is 72.8 Å². The zero-order valence-corrected chi connectivity index (χ0v) is 20.8. The fraction of sp³-hybridized carbons (Fsp3) is 0.194. The smallest absolute Gasteiger partial charge is 0.214 e. The van der Waals surface area contributed by atoms with E-state index < -0.39 is 6.23 Å². The van der Waals surface area contributed by atoms with Crippen molar-refractivity contribution >= 4 is 5.71 Å². The van der Waals surface area contributed by atoms with Gasteiger partial charge in [-0.3, -0.25) is 0 Å². The maximum atomic E-state index is 6.60. The van der Waals surface area contributed by atoms with Crippen molar-refractivity contribution in [1.29, 1.82) is 0 Å². The standard InChI is InChI=1S/C31H28N2O4/c1-34-28-15-9-14-24-26-19-25(22-12-7-4-8-13-22)32-33(26)31(37-30(24)28)23-16-17-27(29(18-23)35-2)36-20-21-10-5-3-6-11-21/h3-18,26,31H,19-20H2,1-2H3/t26-,31-/m1/s1. The Balaban J connectivity index is 1.36. The quantitative estimate of drug-likeness (QED) is 0.294. The van der Waals surface area contributed by atoms with Crippen molar-refractivity contribution in [3.63, 3.8) is 0 Å². The topological polar surface area (TPSA) is 52.5 Å². The Morgan fingerprint density at radius 2 is 1.57 bits per heavy atom. The lowest BCUT2D eigenvalue weighted by molar-refractivity contribution is -0.0210. The van der Waals surface area contributed by atoms with Crippen LogP contribution in [0.15, 0.2) is 102 Å². The Labute approximate surface area is 216 Å². The molecule has 2 atom stereocenters. The zero-order chi connectivity index (χ0) is 25.2. The molecule has 0 aromatic heterocycles. The third-order valence-corrected chi connectivity index (χ3v) is 6.82. The Morgan fingerprint density at radius 3 is 2.32 bits per heavy atom. The molecule has 0 amide bonds. The van der Waals surface area contributed by atoms with E-state index in [-0.39, 0.29) is 6.04 Å². The van der Waals surface area contributed by atoms with Crippen LogP contribution in [0.2, 0.25) is 0 Å². The average Bonchev–Trinajstić information content (AvgIpc) is 3.42. The monoisotopic (exact) mass is 492 g/mol. The summed E-state index contributed by atoms with van der Waals surface area (Å²) >= 11 is 0. The van der Waals surface area contributed by atoms with Crippen molar-refractivity contribution in [1.82, 2.24) is 5.01 Å². The molecule has 0 aliphatic carbocycles. The third-order valence-electron chi connectivity index (χ3n) is 6.82. The lowest BCUT2D eigenvalue weighted by Crippen LogP contribution is -2.33. The molecule has 6 nitrogen and oxygen atoms in total. The van der Waals surface area contributed by atoms with Gasteiger partial charge < -0.3 is 18.9 Å². The van der Waals surface area contributed by atoms with Gasteiger partial charge in [0.25, 0.3) is 0 Å². The first-order chi connectivity index (χ1) is 18.2. The number of hydrazone groups is 1. The van der Waals surface area contributed by atoms with Gasteiger partial charge in [-0.15, -0.1) is 0 Å². The molecule has 0 bridgehead atoms. The van der Waals surface area contributed by atoms with Crippen LogP contribution < -0.4 is 18.9 Å². The molecule has 2 aliphatic heterocycles. The average molecular weight is 493 g/mol. The van der Waals surface area contributed by atoms with E-state index in [1.807, 2.05) is 78.9 Å². The van der Waals surface area contributed by atoms with Gasteiger partial charge in [0.15, 0.2) is 23.0 Å². The number of benzene rings is 4. The van der Waals surface area contributed by atoms with Gasteiger partial charge in [-0.05, 0) is 35.4 Å². The largest absolute Gasteiger partial charge is 0.493 e. The van der Waals surface area contributed by atoms with E-state index in [1.54, 1.807) is 14.2 Å². The molecule has 0 spiro atoms. The number of methoxy groups -OCH3 is 2. The first-order valence-electron chi connectivity index (χ1n) is 12.3. The molecular weight excluding hydrogens is 464 g/mol. The number of hydrogen-bond acceptors (Lipinski definition) is 6. The lowest BCUT2D eigenvalue weighted by Gasteiger charge is -2.38. The van der Waals surface area contributed by atoms with Crippen LogP contribution in [0, 0.1) is 0 Å². The number of para-hydroxylation sites is 1. The van der Waals surface area contributed by atoms with Gasteiger partial charge in [-0.25, -0.2) is 5.01 Å². The van der Waals surface area contributed by atoms with Crippen molar-refractivity contribution in [3.8, 4) is 23.0 Å². The molecule has 2 heterocycles. The lowest BCUT2D eigenvalue weighted by atomic mass is 9.95. The Morgan fingerprint density at radius 1 is 0.811 bits per heavy atom. The highest BCUT2D eigenvalue weighted by Gasteiger charge is 2.42. The summed E-state index contributed by atoms with van der Waals surface area (Å²) in [5.41, 5.74) is 5.23. The van der Waals surface area contributed by atoms with Crippen molar-refractivity contribution in [2.75, 3.05) is 14.2 Å². The number of hydrogen-bond donors (Lipinski definition) is 0. The highest BCUT2D eigenvalue weighted by atomic mass is 16.5. The second-order valence-electron chi connectivity index (χ2n) is 9.05. The van der Waals surface area contributed by atoms with Gasteiger partial charge >= 0.3 is 0 Å². The summed E-state index contributed by atoms with van der Waals surface area (Å²) in [5, 5.41) is 7.12. The highest BCUT2D eigenvalue weighted by Crippen LogP contribution is 2.51. The zero-order valence-electron chi connectivity index (χ0n) is 20.8. The molecule has 0 saturated carbocycles. The SMILES string of the molecule is COc1cc([C@H]2Oc3c(OC)cccc3[C@H]3CC(c4ccccc4)=NN32)ccc1OCc1ccccc1. The summed E-state index contributed by atoms with van der Waals surface area (Å²) in [7, 11) is 3.32. The van der Waals surface area contributed by atoms with Gasteiger partial charge in [0.2, 0.25) is 6.23 Å². The van der Waals surface area contributed by atoms with E-state index in [0.717, 1.165) is 40.1 Å². The second-order valence-corrected chi connectivity index (χ2v) is 9.05. The Kier molecular flexibility index (Phi) is 6.15. The van der Waals surface area contributed by atoms with Crippen LogP contribution in [0.4, 0.5) is 0 Å². The molecule has 6 rings (SSSR count). The van der Waals surface area contributed by atoms with Crippen molar-refractivity contribution in [3.05, 3.63) is 119 Å². The van der Waals surface area contributed by atoms with Crippen LogP contribution in [0.3, 0.4) is 0 Å². The van der Waals surface area contributed by atoms with E-state index in [2.05, 4.69) is 23.2 Å². The predicted octanol–water partition coefficient (Wildman–Crippen LogP) is 6.53. The molecule has 186 valence electrons. The fourth-order valence-electron chi connectivity index (χ4n) is 4.96. The van der Waals surface area contributed by atoms with Gasteiger partial charge in [0.05, 0.1) is 26.0 Å². The summed E-state index contributed by atoms with van der Waals surface area (Å²) in [4.78, 5) is 0. The van der Waals surface area contributed by atoms with Crippen LogP contribution >= 0.6 is 0 Å². The fourth-order valence-corrected chi connectivity index (χ4v) is 4.96. The van der Waals surface area contributed by atoms with Gasteiger partial charge in [0, 0.05) is 17.5 Å². The maximum absolute atomic E-state index is 6.60. The molecule has 4 aromatic carbocycles. The molecule has 0 unspecified atom stereocenters. The molecule has 0 saturated heterocycles.